The first-order valence-electron chi connectivity index (χ1n) is 11.3. The van der Waals surface area contributed by atoms with Crippen LogP contribution in [0.5, 0.6) is 0 Å². The molecule has 1 saturated heterocycles. The van der Waals surface area contributed by atoms with Gasteiger partial charge in [-0.15, -0.1) is 0 Å². The molecular formula is C25H27F2N5O3S. The maximum atomic E-state index is 14.2. The van der Waals surface area contributed by atoms with Crippen LogP contribution in [-0.4, -0.2) is 43.4 Å². The van der Waals surface area contributed by atoms with E-state index >= 15 is 0 Å². The Hall–Kier alpha value is -3.60. The lowest BCUT2D eigenvalue weighted by molar-refractivity contribution is 0.0981. The molecular weight excluding hydrogens is 488 g/mol. The fraction of sp³-hybridized carbons (Fsp3) is 0.320. The highest BCUT2D eigenvalue weighted by Gasteiger charge is 2.39. The summed E-state index contributed by atoms with van der Waals surface area (Å²) in [5, 5.41) is -0.447. The van der Waals surface area contributed by atoms with Crippen molar-refractivity contribution in [3.05, 3.63) is 71.9 Å². The summed E-state index contributed by atoms with van der Waals surface area (Å²) in [4.78, 5) is 24.8. The minimum absolute atomic E-state index is 0.0460. The predicted molar refractivity (Wildman–Crippen MR) is 133 cm³/mol. The van der Waals surface area contributed by atoms with Gasteiger partial charge in [-0.3, -0.25) is 4.79 Å². The van der Waals surface area contributed by atoms with E-state index in [9.17, 15) is 22.0 Å². The number of sulfonamides is 1. The van der Waals surface area contributed by atoms with Crippen LogP contribution in [0.25, 0.3) is 0 Å². The standard InChI is InChI=1S/C25H27F2N5O3S/c1-16-14-25(2,3)32(15-16)23-18(7-6-12-28-23)24(33)30-36(34,35)22-9-5-8-21(29-22)31(4)20-13-17(26)10-11-19(20)27/h5-13,16H,14-15H2,1-4H3,(H,30,33). The number of halogens is 2. The third kappa shape index (κ3) is 5.01. The summed E-state index contributed by atoms with van der Waals surface area (Å²) in [6, 6.07) is 10.1. The molecule has 0 bridgehead atoms. The fourth-order valence-corrected chi connectivity index (χ4v) is 5.51. The van der Waals surface area contributed by atoms with E-state index in [1.165, 1.54) is 36.2 Å². The lowest BCUT2D eigenvalue weighted by Crippen LogP contribution is -2.41. The van der Waals surface area contributed by atoms with Crippen molar-refractivity contribution < 1.29 is 22.0 Å². The van der Waals surface area contributed by atoms with Crippen LogP contribution in [0, 0.1) is 17.6 Å². The summed E-state index contributed by atoms with van der Waals surface area (Å²) in [6.45, 7) is 6.90. The van der Waals surface area contributed by atoms with E-state index in [-0.39, 0.29) is 22.6 Å². The van der Waals surface area contributed by atoms with Crippen molar-refractivity contribution in [1.29, 1.82) is 0 Å². The molecule has 4 rings (SSSR count). The maximum Gasteiger partial charge on any atom is 0.281 e. The quantitative estimate of drug-likeness (QED) is 0.524. The second-order valence-electron chi connectivity index (χ2n) is 9.53. The minimum Gasteiger partial charge on any atom is -0.351 e. The maximum absolute atomic E-state index is 14.2. The van der Waals surface area contributed by atoms with Crippen molar-refractivity contribution in [3.8, 4) is 0 Å². The third-order valence-corrected chi connectivity index (χ3v) is 7.42. The van der Waals surface area contributed by atoms with Gasteiger partial charge in [0.05, 0.1) is 11.3 Å². The number of pyridine rings is 2. The van der Waals surface area contributed by atoms with Crippen LogP contribution in [0.1, 0.15) is 37.6 Å². The molecule has 190 valence electrons. The molecule has 2 aromatic heterocycles. The first-order chi connectivity index (χ1) is 16.9. The molecule has 11 heteroatoms. The predicted octanol–water partition coefficient (Wildman–Crippen LogP) is 4.27. The second kappa shape index (κ2) is 9.45. The van der Waals surface area contributed by atoms with Gasteiger partial charge < -0.3 is 9.80 Å². The number of hydrogen-bond acceptors (Lipinski definition) is 7. The SMILES string of the molecule is CC1CN(c2ncccc2C(=O)NS(=O)(=O)c2cccc(N(C)c3cc(F)ccc3F)n2)C(C)(C)C1. The number of rotatable bonds is 6. The summed E-state index contributed by atoms with van der Waals surface area (Å²) < 4.78 is 56.1. The Balaban J connectivity index is 1.62. The second-order valence-corrected chi connectivity index (χ2v) is 11.2. The molecule has 1 aliphatic heterocycles. The van der Waals surface area contributed by atoms with Crippen LogP contribution < -0.4 is 14.5 Å². The van der Waals surface area contributed by atoms with E-state index in [0.29, 0.717) is 18.3 Å². The van der Waals surface area contributed by atoms with Crippen molar-refractivity contribution in [1.82, 2.24) is 14.7 Å². The molecule has 1 aliphatic rings. The largest absolute Gasteiger partial charge is 0.351 e. The first kappa shape index (κ1) is 25.5. The lowest BCUT2D eigenvalue weighted by atomic mass is 9.97. The topological polar surface area (TPSA) is 95.5 Å². The van der Waals surface area contributed by atoms with Gasteiger partial charge in [0.1, 0.15) is 23.3 Å². The Morgan fingerprint density at radius 2 is 1.92 bits per heavy atom. The van der Waals surface area contributed by atoms with Gasteiger partial charge >= 0.3 is 0 Å². The van der Waals surface area contributed by atoms with Crippen LogP contribution in [0.3, 0.4) is 0 Å². The zero-order chi connectivity index (χ0) is 26.3. The normalized spacial score (nSPS) is 17.2. The molecule has 0 radical (unpaired) electrons. The smallest absolute Gasteiger partial charge is 0.281 e. The average molecular weight is 516 g/mol. The number of aromatic nitrogens is 2. The minimum atomic E-state index is -4.40. The van der Waals surface area contributed by atoms with Gasteiger partial charge in [0.25, 0.3) is 15.9 Å². The Morgan fingerprint density at radius 3 is 2.61 bits per heavy atom. The lowest BCUT2D eigenvalue weighted by Gasteiger charge is -2.33. The zero-order valence-electron chi connectivity index (χ0n) is 20.4. The molecule has 1 fully saturated rings. The molecule has 1 aromatic carbocycles. The summed E-state index contributed by atoms with van der Waals surface area (Å²) >= 11 is 0. The Bertz CT molecular complexity index is 1410. The molecule has 1 atom stereocenters. The number of carbonyl (C=O) groups is 1. The highest BCUT2D eigenvalue weighted by atomic mass is 32.2. The van der Waals surface area contributed by atoms with Crippen molar-refractivity contribution in [2.24, 2.45) is 5.92 Å². The summed E-state index contributed by atoms with van der Waals surface area (Å²) in [5.41, 5.74) is -0.254. The van der Waals surface area contributed by atoms with Gasteiger partial charge in [-0.2, -0.15) is 8.42 Å². The van der Waals surface area contributed by atoms with Crippen LogP contribution in [-0.2, 0) is 10.0 Å². The van der Waals surface area contributed by atoms with Crippen molar-refractivity contribution in [2.75, 3.05) is 23.4 Å². The molecule has 3 heterocycles. The fourth-order valence-electron chi connectivity index (χ4n) is 4.58. The molecule has 1 unspecified atom stereocenters. The van der Waals surface area contributed by atoms with Gasteiger partial charge in [-0.1, -0.05) is 13.0 Å². The number of hydrogen-bond donors (Lipinski definition) is 1. The molecule has 0 saturated carbocycles. The van der Waals surface area contributed by atoms with Crippen LogP contribution in [0.4, 0.5) is 26.1 Å². The van der Waals surface area contributed by atoms with Gasteiger partial charge in [0.15, 0.2) is 5.03 Å². The van der Waals surface area contributed by atoms with E-state index in [4.69, 9.17) is 0 Å². The molecule has 3 aromatic rings. The first-order valence-corrected chi connectivity index (χ1v) is 12.8. The van der Waals surface area contributed by atoms with E-state index in [0.717, 1.165) is 24.6 Å². The molecule has 36 heavy (non-hydrogen) atoms. The van der Waals surface area contributed by atoms with Crippen LogP contribution >= 0.6 is 0 Å². The third-order valence-electron chi connectivity index (χ3n) is 6.18. The van der Waals surface area contributed by atoms with Crippen molar-refractivity contribution in [3.63, 3.8) is 0 Å². The number of amides is 1. The van der Waals surface area contributed by atoms with Crippen molar-refractivity contribution >= 4 is 33.3 Å². The average Bonchev–Trinajstić information content (AvgIpc) is 3.11. The monoisotopic (exact) mass is 515 g/mol. The Kier molecular flexibility index (Phi) is 6.70. The summed E-state index contributed by atoms with van der Waals surface area (Å²) in [7, 11) is -2.97. The molecule has 0 spiro atoms. The van der Waals surface area contributed by atoms with Crippen LogP contribution in [0.15, 0.2) is 59.8 Å². The highest BCUT2D eigenvalue weighted by Crippen LogP contribution is 2.37. The number of nitrogens with one attached hydrogen (secondary N) is 1. The number of anilines is 3. The molecule has 1 amide bonds. The molecule has 0 aliphatic carbocycles. The van der Waals surface area contributed by atoms with E-state index in [1.54, 1.807) is 12.3 Å². The highest BCUT2D eigenvalue weighted by molar-refractivity contribution is 7.90. The van der Waals surface area contributed by atoms with Gasteiger partial charge in [-0.05, 0) is 62.6 Å². The Morgan fingerprint density at radius 1 is 1.17 bits per heavy atom. The van der Waals surface area contributed by atoms with Crippen molar-refractivity contribution in [2.45, 2.75) is 37.8 Å². The summed E-state index contributed by atoms with van der Waals surface area (Å²) in [6.07, 6.45) is 2.46. The van der Waals surface area contributed by atoms with Gasteiger partial charge in [-0.25, -0.2) is 23.5 Å². The number of nitrogens with zero attached hydrogens (tertiary/aromatic N) is 4. The van der Waals surface area contributed by atoms with E-state index in [1.807, 2.05) is 4.90 Å². The summed E-state index contributed by atoms with van der Waals surface area (Å²) in [5.74, 6) is -1.37. The molecule has 8 nitrogen and oxygen atoms in total. The Labute approximate surface area is 209 Å². The van der Waals surface area contributed by atoms with Gasteiger partial charge in [0, 0.05) is 31.4 Å². The number of carbonyl (C=O) groups excluding carboxylic acids is 1. The molecule has 1 N–H and O–H groups in total. The zero-order valence-corrected chi connectivity index (χ0v) is 21.2. The number of benzene rings is 1. The van der Waals surface area contributed by atoms with E-state index < -0.39 is 32.6 Å². The van der Waals surface area contributed by atoms with E-state index in [2.05, 4.69) is 35.5 Å². The van der Waals surface area contributed by atoms with Crippen LogP contribution in [0.2, 0.25) is 0 Å². The van der Waals surface area contributed by atoms with Gasteiger partial charge in [0.2, 0.25) is 0 Å².